The number of fused-ring (bicyclic) bond motifs is 2. The van der Waals surface area contributed by atoms with E-state index < -0.39 is 35.9 Å². The molecule has 3 aromatic rings. The highest BCUT2D eigenvalue weighted by molar-refractivity contribution is 6.26. The van der Waals surface area contributed by atoms with Crippen LogP contribution in [0.5, 0.6) is 5.75 Å². The quantitative estimate of drug-likeness (QED) is 0.380. The molecule has 0 saturated carbocycles. The third-order valence-corrected chi connectivity index (χ3v) is 6.33. The minimum Gasteiger partial charge on any atom is -0.483 e. The topological polar surface area (TPSA) is 99.8 Å². The van der Waals surface area contributed by atoms with Crippen molar-refractivity contribution in [2.24, 2.45) is 0 Å². The molecule has 5 rings (SSSR count). The predicted octanol–water partition coefficient (Wildman–Crippen LogP) is 2.76. The fraction of sp³-hybridized carbons (Fsp3) is 0.320. The van der Waals surface area contributed by atoms with Crippen molar-refractivity contribution in [2.75, 3.05) is 19.1 Å². The van der Waals surface area contributed by atoms with Crippen molar-refractivity contribution in [3.8, 4) is 11.8 Å². The van der Waals surface area contributed by atoms with E-state index in [9.17, 15) is 19.2 Å². The number of hydrogen-bond acceptors (Lipinski definition) is 7. The smallest absolute Gasteiger partial charge is 0.321 e. The van der Waals surface area contributed by atoms with Gasteiger partial charge in [-0.2, -0.15) is 5.26 Å². The molecule has 2 aliphatic rings. The fourth-order valence-electron chi connectivity index (χ4n) is 4.51. The lowest BCUT2D eigenvalue weighted by Gasteiger charge is -2.21. The van der Waals surface area contributed by atoms with E-state index >= 15 is 0 Å². The van der Waals surface area contributed by atoms with Crippen molar-refractivity contribution in [2.45, 2.75) is 31.0 Å². The normalized spacial score (nSPS) is 23.1. The maximum Gasteiger partial charge on any atom is 0.321 e. The van der Waals surface area contributed by atoms with Crippen molar-refractivity contribution in [1.29, 1.82) is 5.26 Å². The highest BCUT2D eigenvalue weighted by Crippen LogP contribution is 2.35. The maximum absolute atomic E-state index is 13.4. The van der Waals surface area contributed by atoms with Crippen LogP contribution in [-0.4, -0.2) is 54.0 Å². The van der Waals surface area contributed by atoms with Gasteiger partial charge in [-0.25, -0.2) is 4.39 Å². The van der Waals surface area contributed by atoms with Crippen molar-refractivity contribution in [3.05, 3.63) is 75.8 Å². The first-order valence-corrected chi connectivity index (χ1v) is 11.5. The summed E-state index contributed by atoms with van der Waals surface area (Å²) in [6, 6.07) is 14.9. The van der Waals surface area contributed by atoms with Crippen LogP contribution in [0.4, 0.5) is 4.39 Å². The SMILES string of the molecule is N#Cc1c(O[C@H]2CO[C@H]3[C@@H]2OC[C@@H]3OC(=O)CCl)c2ccccc2n(Cc2ccc(F)cc2)c1=O. The summed E-state index contributed by atoms with van der Waals surface area (Å²) in [5.74, 6) is -1.09. The zero-order chi connectivity index (χ0) is 24.5. The Balaban J connectivity index is 1.49. The first-order valence-electron chi connectivity index (χ1n) is 11.0. The molecule has 2 aromatic carbocycles. The zero-order valence-corrected chi connectivity index (χ0v) is 19.1. The summed E-state index contributed by atoms with van der Waals surface area (Å²) in [7, 11) is 0. The third-order valence-electron chi connectivity index (χ3n) is 6.12. The van der Waals surface area contributed by atoms with Gasteiger partial charge in [0.25, 0.3) is 5.56 Å². The highest BCUT2D eigenvalue weighted by atomic mass is 35.5. The zero-order valence-electron chi connectivity index (χ0n) is 18.4. The molecule has 0 N–H and O–H groups in total. The molecule has 2 saturated heterocycles. The second-order valence-corrected chi connectivity index (χ2v) is 8.53. The van der Waals surface area contributed by atoms with Crippen molar-refractivity contribution >= 4 is 28.5 Å². The van der Waals surface area contributed by atoms with Crippen LogP contribution in [0.3, 0.4) is 0 Å². The molecule has 1 aromatic heterocycles. The molecule has 8 nitrogen and oxygen atoms in total. The van der Waals surface area contributed by atoms with Gasteiger partial charge in [-0.15, -0.1) is 11.6 Å². The van der Waals surface area contributed by atoms with Crippen LogP contribution in [0, 0.1) is 17.1 Å². The minimum absolute atomic E-state index is 0.127. The maximum atomic E-state index is 13.4. The number of carbonyl (C=O) groups is 1. The molecule has 0 unspecified atom stereocenters. The number of benzene rings is 2. The summed E-state index contributed by atoms with van der Waals surface area (Å²) in [6.45, 7) is 0.410. The van der Waals surface area contributed by atoms with E-state index in [-0.39, 0.29) is 42.8 Å². The Labute approximate surface area is 204 Å². The summed E-state index contributed by atoms with van der Waals surface area (Å²) in [4.78, 5) is 25.0. The van der Waals surface area contributed by atoms with Crippen molar-refractivity contribution in [1.82, 2.24) is 4.57 Å². The van der Waals surface area contributed by atoms with E-state index in [1.54, 1.807) is 36.4 Å². The lowest BCUT2D eigenvalue weighted by Crippen LogP contribution is -2.37. The highest BCUT2D eigenvalue weighted by Gasteiger charge is 2.51. The van der Waals surface area contributed by atoms with Crippen LogP contribution in [0.15, 0.2) is 53.3 Å². The van der Waals surface area contributed by atoms with Crippen LogP contribution in [-0.2, 0) is 25.5 Å². The van der Waals surface area contributed by atoms with Gasteiger partial charge >= 0.3 is 5.97 Å². The number of esters is 1. The fourth-order valence-corrected chi connectivity index (χ4v) is 4.57. The first-order chi connectivity index (χ1) is 17.0. The van der Waals surface area contributed by atoms with Gasteiger partial charge in [-0.05, 0) is 29.8 Å². The van der Waals surface area contributed by atoms with E-state index in [1.165, 1.54) is 16.7 Å². The van der Waals surface area contributed by atoms with Crippen molar-refractivity contribution < 1.29 is 28.1 Å². The number of nitrogens with zero attached hydrogens (tertiary/aromatic N) is 2. The Morgan fingerprint density at radius 1 is 1.11 bits per heavy atom. The van der Waals surface area contributed by atoms with Crippen molar-refractivity contribution in [3.63, 3.8) is 0 Å². The molecule has 3 heterocycles. The largest absolute Gasteiger partial charge is 0.483 e. The van der Waals surface area contributed by atoms with Gasteiger partial charge in [-0.1, -0.05) is 24.3 Å². The molecule has 0 bridgehead atoms. The van der Waals surface area contributed by atoms with Gasteiger partial charge in [0.2, 0.25) is 0 Å². The molecule has 180 valence electrons. The second kappa shape index (κ2) is 9.66. The van der Waals surface area contributed by atoms with Gasteiger partial charge in [0.05, 0.1) is 25.3 Å². The Bertz CT molecular complexity index is 1370. The molecule has 4 atom stereocenters. The van der Waals surface area contributed by atoms with Crippen LogP contribution in [0.1, 0.15) is 11.1 Å². The first kappa shape index (κ1) is 23.3. The molecule has 0 radical (unpaired) electrons. The van der Waals surface area contributed by atoms with Gasteiger partial charge in [0, 0.05) is 5.39 Å². The van der Waals surface area contributed by atoms with Gasteiger partial charge in [0.15, 0.2) is 23.5 Å². The van der Waals surface area contributed by atoms with Gasteiger partial charge in [-0.3, -0.25) is 9.59 Å². The summed E-state index contributed by atoms with van der Waals surface area (Å²) < 4.78 is 37.9. The number of rotatable bonds is 6. The van der Waals surface area contributed by atoms with Crippen LogP contribution in [0.2, 0.25) is 0 Å². The number of aromatic nitrogens is 1. The molecule has 0 aliphatic carbocycles. The Morgan fingerprint density at radius 2 is 1.80 bits per heavy atom. The number of para-hydroxylation sites is 1. The van der Waals surface area contributed by atoms with E-state index in [0.29, 0.717) is 16.5 Å². The number of ether oxygens (including phenoxy) is 4. The Morgan fingerprint density at radius 3 is 2.51 bits per heavy atom. The molecule has 2 fully saturated rings. The summed E-state index contributed by atoms with van der Waals surface area (Å²) in [5.41, 5.74) is 0.590. The predicted molar refractivity (Wildman–Crippen MR) is 123 cm³/mol. The van der Waals surface area contributed by atoms with E-state index in [1.807, 2.05) is 6.07 Å². The van der Waals surface area contributed by atoms with Crippen LogP contribution in [0.25, 0.3) is 10.9 Å². The molecular formula is C25H20ClFN2O6. The number of halogens is 2. The lowest BCUT2D eigenvalue weighted by molar-refractivity contribution is -0.150. The van der Waals surface area contributed by atoms with Gasteiger partial charge < -0.3 is 23.5 Å². The number of nitriles is 1. The Hall–Kier alpha value is -3.45. The Kier molecular flexibility index (Phi) is 6.43. The molecular weight excluding hydrogens is 479 g/mol. The standard InChI is InChI=1S/C25H20ClFN2O6/c26-9-21(30)34-19-12-32-24-20(13-33-23(19)24)35-22-16-3-1-2-4-18(16)29(25(31)17(22)10-28)11-14-5-7-15(27)8-6-14/h1-8,19-20,23-24H,9,11-13H2/t19-,20-,23+,24+/m0/s1. The molecule has 35 heavy (non-hydrogen) atoms. The number of hydrogen-bond donors (Lipinski definition) is 0. The number of carbonyl (C=O) groups excluding carboxylic acids is 1. The minimum atomic E-state index is -0.623. The average molecular weight is 499 g/mol. The summed E-state index contributed by atoms with van der Waals surface area (Å²) in [6.07, 6.45) is -2.32. The molecule has 10 heteroatoms. The summed E-state index contributed by atoms with van der Waals surface area (Å²) in [5, 5.41) is 10.5. The van der Waals surface area contributed by atoms with E-state index in [4.69, 9.17) is 30.5 Å². The van der Waals surface area contributed by atoms with Gasteiger partial charge in [0.1, 0.15) is 30.0 Å². The molecule has 0 spiro atoms. The molecule has 2 aliphatic heterocycles. The van der Waals surface area contributed by atoms with E-state index in [2.05, 4.69) is 0 Å². The summed E-state index contributed by atoms with van der Waals surface area (Å²) >= 11 is 5.52. The van der Waals surface area contributed by atoms with Crippen LogP contribution >= 0.6 is 11.6 Å². The number of pyridine rings is 1. The monoisotopic (exact) mass is 498 g/mol. The van der Waals surface area contributed by atoms with E-state index in [0.717, 1.165) is 0 Å². The lowest BCUT2D eigenvalue weighted by atomic mass is 10.1. The molecule has 0 amide bonds. The van der Waals surface area contributed by atoms with Crippen LogP contribution < -0.4 is 10.3 Å². The second-order valence-electron chi connectivity index (χ2n) is 8.26. The average Bonchev–Trinajstić information content (AvgIpc) is 3.46. The third kappa shape index (κ3) is 4.36. The number of alkyl halides is 1.